The summed E-state index contributed by atoms with van der Waals surface area (Å²) < 4.78 is 0. The first-order valence-electron chi connectivity index (χ1n) is 3.57. The van der Waals surface area contributed by atoms with Gasteiger partial charge in [-0.2, -0.15) is 4.99 Å². The summed E-state index contributed by atoms with van der Waals surface area (Å²) in [5.41, 5.74) is 3.57. The molecule has 0 radical (unpaired) electrons. The van der Waals surface area contributed by atoms with Crippen molar-refractivity contribution in [2.24, 2.45) is 4.99 Å². The van der Waals surface area contributed by atoms with Crippen molar-refractivity contribution in [1.29, 1.82) is 0 Å². The van der Waals surface area contributed by atoms with Crippen LogP contribution in [0.3, 0.4) is 0 Å². The van der Waals surface area contributed by atoms with Crippen molar-refractivity contribution in [1.82, 2.24) is 0 Å². The SMILES string of the molecule is O=C=NC1=CC=C2CC2=CC1. The van der Waals surface area contributed by atoms with Crippen molar-refractivity contribution in [3.63, 3.8) is 0 Å². The summed E-state index contributed by atoms with van der Waals surface area (Å²) >= 11 is 0. The van der Waals surface area contributed by atoms with Gasteiger partial charge in [-0.25, -0.2) is 4.79 Å². The van der Waals surface area contributed by atoms with Crippen LogP contribution in [0.1, 0.15) is 12.8 Å². The standard InChI is InChI=1S/C9H7NO/c11-6-10-9-3-1-7-5-8(7)2-4-9/h1-3H,4-5H2. The average Bonchev–Trinajstić information content (AvgIpc) is 2.71. The minimum absolute atomic E-state index is 0.768. The molecular weight excluding hydrogens is 138 g/mol. The van der Waals surface area contributed by atoms with Gasteiger partial charge in [0.15, 0.2) is 0 Å². The molecule has 0 saturated heterocycles. The molecule has 0 atom stereocenters. The van der Waals surface area contributed by atoms with Gasteiger partial charge in [0.1, 0.15) is 0 Å². The highest BCUT2D eigenvalue weighted by Gasteiger charge is 2.20. The fourth-order valence-corrected chi connectivity index (χ4v) is 1.16. The number of hydrogen-bond acceptors (Lipinski definition) is 2. The molecule has 0 heterocycles. The zero-order valence-electron chi connectivity index (χ0n) is 6.00. The number of aliphatic imine (C=N–C) groups is 1. The lowest BCUT2D eigenvalue weighted by Crippen LogP contribution is -1.73. The predicted octanol–water partition coefficient (Wildman–Crippen LogP) is 1.87. The Morgan fingerprint density at radius 2 is 2.27 bits per heavy atom. The van der Waals surface area contributed by atoms with E-state index in [1.807, 2.05) is 12.2 Å². The summed E-state index contributed by atoms with van der Waals surface area (Å²) in [6.07, 6.45) is 9.46. The Kier molecular flexibility index (Phi) is 1.34. The largest absolute Gasteiger partial charge is 0.240 e. The molecule has 0 aromatic carbocycles. The monoisotopic (exact) mass is 145 g/mol. The molecule has 0 spiro atoms. The molecule has 0 aromatic rings. The van der Waals surface area contributed by atoms with Gasteiger partial charge in [0, 0.05) is 6.42 Å². The molecule has 0 amide bonds. The number of carbonyl (C=O) groups excluding carboxylic acids is 1. The van der Waals surface area contributed by atoms with Gasteiger partial charge >= 0.3 is 0 Å². The summed E-state index contributed by atoms with van der Waals surface area (Å²) in [7, 11) is 0. The third-order valence-corrected chi connectivity index (χ3v) is 1.89. The van der Waals surface area contributed by atoms with E-state index in [4.69, 9.17) is 0 Å². The summed E-state index contributed by atoms with van der Waals surface area (Å²) in [5.74, 6) is 0. The van der Waals surface area contributed by atoms with Gasteiger partial charge in [0.2, 0.25) is 6.08 Å². The molecule has 0 bridgehead atoms. The number of rotatable bonds is 1. The first-order chi connectivity index (χ1) is 5.40. The van der Waals surface area contributed by atoms with E-state index in [0.29, 0.717) is 0 Å². The molecule has 11 heavy (non-hydrogen) atoms. The van der Waals surface area contributed by atoms with Crippen LogP contribution >= 0.6 is 0 Å². The van der Waals surface area contributed by atoms with E-state index in [-0.39, 0.29) is 0 Å². The van der Waals surface area contributed by atoms with Gasteiger partial charge in [-0.15, -0.1) is 0 Å². The average molecular weight is 145 g/mol. The molecule has 54 valence electrons. The topological polar surface area (TPSA) is 29.4 Å². The van der Waals surface area contributed by atoms with E-state index in [2.05, 4.69) is 11.1 Å². The van der Waals surface area contributed by atoms with Crippen LogP contribution in [0.4, 0.5) is 0 Å². The van der Waals surface area contributed by atoms with Crippen LogP contribution in [0.25, 0.3) is 0 Å². The van der Waals surface area contributed by atoms with Crippen LogP contribution in [0.2, 0.25) is 0 Å². The number of fused-ring (bicyclic) bond motifs is 1. The Morgan fingerprint density at radius 3 is 3.09 bits per heavy atom. The third kappa shape index (κ3) is 1.21. The van der Waals surface area contributed by atoms with Crippen LogP contribution in [-0.2, 0) is 4.79 Å². The van der Waals surface area contributed by atoms with Gasteiger partial charge in [0.25, 0.3) is 0 Å². The van der Waals surface area contributed by atoms with Gasteiger partial charge in [0.05, 0.1) is 5.70 Å². The second-order valence-electron chi connectivity index (χ2n) is 2.66. The van der Waals surface area contributed by atoms with Gasteiger partial charge < -0.3 is 0 Å². The van der Waals surface area contributed by atoms with Crippen molar-refractivity contribution >= 4 is 6.08 Å². The minimum atomic E-state index is 0.768. The second kappa shape index (κ2) is 2.33. The van der Waals surface area contributed by atoms with Crippen molar-refractivity contribution in [3.05, 3.63) is 35.1 Å². The minimum Gasteiger partial charge on any atom is -0.211 e. The molecule has 0 N–H and O–H groups in total. The van der Waals surface area contributed by atoms with Crippen LogP contribution in [0, 0.1) is 0 Å². The molecule has 0 aromatic heterocycles. The summed E-state index contributed by atoms with van der Waals surface area (Å²) in [6.45, 7) is 0. The van der Waals surface area contributed by atoms with Crippen LogP contribution in [0.15, 0.2) is 40.1 Å². The molecule has 1 fully saturated rings. The lowest BCUT2D eigenvalue weighted by Gasteiger charge is -1.88. The fourth-order valence-electron chi connectivity index (χ4n) is 1.16. The fraction of sp³-hybridized carbons (Fsp3) is 0.222. The summed E-state index contributed by atoms with van der Waals surface area (Å²) in [6, 6.07) is 0. The maximum Gasteiger partial charge on any atom is 0.240 e. The Labute approximate surface area is 64.6 Å². The molecule has 2 aliphatic carbocycles. The zero-order valence-corrected chi connectivity index (χ0v) is 6.00. The highest BCUT2D eigenvalue weighted by Crippen LogP contribution is 2.39. The molecule has 2 aliphatic rings. The Bertz CT molecular complexity index is 327. The number of hydrogen-bond donors (Lipinski definition) is 0. The third-order valence-electron chi connectivity index (χ3n) is 1.89. The maximum absolute atomic E-state index is 9.90. The molecule has 0 aliphatic heterocycles. The zero-order chi connectivity index (χ0) is 7.68. The molecule has 2 nitrogen and oxygen atoms in total. The van der Waals surface area contributed by atoms with Gasteiger partial charge in [-0.1, -0.05) is 12.2 Å². The van der Waals surface area contributed by atoms with E-state index < -0.39 is 0 Å². The van der Waals surface area contributed by atoms with Crippen LogP contribution < -0.4 is 0 Å². The quantitative estimate of drug-likeness (QED) is 0.409. The molecule has 0 unspecified atom stereocenters. The number of nitrogens with zero attached hydrogens (tertiary/aromatic N) is 1. The smallest absolute Gasteiger partial charge is 0.211 e. The van der Waals surface area contributed by atoms with E-state index in [0.717, 1.165) is 18.5 Å². The van der Waals surface area contributed by atoms with E-state index in [9.17, 15) is 4.79 Å². The second-order valence-corrected chi connectivity index (χ2v) is 2.66. The molecular formula is C9H7NO. The van der Waals surface area contributed by atoms with Gasteiger partial charge in [-0.3, -0.25) is 0 Å². The normalized spacial score (nSPS) is 19.8. The Balaban J connectivity index is 2.28. The van der Waals surface area contributed by atoms with Crippen molar-refractivity contribution < 1.29 is 4.79 Å². The maximum atomic E-state index is 9.90. The van der Waals surface area contributed by atoms with E-state index >= 15 is 0 Å². The van der Waals surface area contributed by atoms with Crippen molar-refractivity contribution in [2.75, 3.05) is 0 Å². The highest BCUT2D eigenvalue weighted by molar-refractivity contribution is 5.54. The lowest BCUT2D eigenvalue weighted by molar-refractivity contribution is 0.564. The highest BCUT2D eigenvalue weighted by atomic mass is 16.1. The lowest BCUT2D eigenvalue weighted by atomic mass is 10.3. The van der Waals surface area contributed by atoms with E-state index in [1.165, 1.54) is 11.1 Å². The van der Waals surface area contributed by atoms with Crippen LogP contribution in [0.5, 0.6) is 0 Å². The van der Waals surface area contributed by atoms with Gasteiger partial charge in [-0.05, 0) is 23.6 Å². The number of allylic oxidation sites excluding steroid dienone is 5. The number of isocyanates is 1. The Morgan fingerprint density at radius 1 is 1.36 bits per heavy atom. The summed E-state index contributed by atoms with van der Waals surface area (Å²) in [4.78, 5) is 13.5. The first-order valence-corrected chi connectivity index (χ1v) is 3.57. The predicted molar refractivity (Wildman–Crippen MR) is 41.6 cm³/mol. The first kappa shape index (κ1) is 6.32. The summed E-state index contributed by atoms with van der Waals surface area (Å²) in [5, 5.41) is 0. The van der Waals surface area contributed by atoms with Crippen molar-refractivity contribution in [2.45, 2.75) is 12.8 Å². The van der Waals surface area contributed by atoms with Crippen molar-refractivity contribution in [3.8, 4) is 0 Å². The van der Waals surface area contributed by atoms with E-state index in [1.54, 1.807) is 6.08 Å². The Hall–Kier alpha value is -1.40. The molecule has 2 heteroatoms. The molecule has 1 saturated carbocycles. The van der Waals surface area contributed by atoms with Crippen LogP contribution in [-0.4, -0.2) is 6.08 Å². The molecule has 2 rings (SSSR count).